The first kappa shape index (κ1) is 17.7. The Labute approximate surface area is 146 Å². The van der Waals surface area contributed by atoms with Crippen molar-refractivity contribution >= 4 is 21.7 Å². The molecule has 0 N–H and O–H groups in total. The number of rotatable bonds is 6. The Bertz CT molecular complexity index is 771. The molecule has 2 aliphatic rings. The van der Waals surface area contributed by atoms with Crippen LogP contribution >= 0.6 is 0 Å². The highest BCUT2D eigenvalue weighted by molar-refractivity contribution is 7.91. The van der Waals surface area contributed by atoms with E-state index in [2.05, 4.69) is 0 Å². The Kier molecular flexibility index (Phi) is 4.99. The van der Waals surface area contributed by atoms with Crippen molar-refractivity contribution in [2.75, 3.05) is 25.2 Å². The van der Waals surface area contributed by atoms with Crippen LogP contribution < -0.4 is 4.74 Å². The molecule has 1 aliphatic carbocycles. The SMILES string of the molecule is COc1ccccc1C(=O)OCC(=O)N(C1CC1)[C@H]1CCS(=O)(=O)C1. The van der Waals surface area contributed by atoms with Crippen LogP contribution in [0.3, 0.4) is 0 Å². The highest BCUT2D eigenvalue weighted by Crippen LogP contribution is 2.32. The number of nitrogens with zero attached hydrogens (tertiary/aromatic N) is 1. The average Bonchev–Trinajstić information content (AvgIpc) is 3.36. The number of ether oxygens (including phenoxy) is 2. The van der Waals surface area contributed by atoms with Crippen LogP contribution in [0, 0.1) is 0 Å². The molecule has 0 bridgehead atoms. The first-order valence-corrected chi connectivity index (χ1v) is 10.0. The number of sulfone groups is 1. The predicted octanol–water partition coefficient (Wildman–Crippen LogP) is 1.03. The standard InChI is InChI=1S/C17H21NO6S/c1-23-15-5-3-2-4-14(15)17(20)24-10-16(19)18(12-6-7-12)13-8-9-25(21,22)11-13/h2-5,12-13H,6-11H2,1H3/t13-/m0/s1. The van der Waals surface area contributed by atoms with Crippen molar-refractivity contribution in [3.8, 4) is 5.75 Å². The predicted molar refractivity (Wildman–Crippen MR) is 90.2 cm³/mol. The summed E-state index contributed by atoms with van der Waals surface area (Å²) >= 11 is 0. The minimum absolute atomic E-state index is 0.00427. The Morgan fingerprint density at radius 1 is 1.16 bits per heavy atom. The van der Waals surface area contributed by atoms with Gasteiger partial charge in [-0.2, -0.15) is 0 Å². The minimum atomic E-state index is -3.08. The zero-order valence-electron chi connectivity index (χ0n) is 14.0. The maximum absolute atomic E-state index is 12.5. The van der Waals surface area contributed by atoms with Gasteiger partial charge in [-0.3, -0.25) is 4.79 Å². The van der Waals surface area contributed by atoms with Gasteiger partial charge in [-0.25, -0.2) is 13.2 Å². The second kappa shape index (κ2) is 7.03. The number of para-hydroxylation sites is 1. The number of hydrogen-bond acceptors (Lipinski definition) is 6. The summed E-state index contributed by atoms with van der Waals surface area (Å²) in [7, 11) is -1.63. The molecule has 0 spiro atoms. The molecule has 2 fully saturated rings. The lowest BCUT2D eigenvalue weighted by molar-refractivity contribution is -0.137. The topological polar surface area (TPSA) is 90.0 Å². The summed E-state index contributed by atoms with van der Waals surface area (Å²) in [5.74, 6) is -0.500. The molecule has 8 heteroatoms. The van der Waals surface area contributed by atoms with Crippen LogP contribution in [0.25, 0.3) is 0 Å². The van der Waals surface area contributed by atoms with Crippen molar-refractivity contribution < 1.29 is 27.5 Å². The van der Waals surface area contributed by atoms with E-state index in [1.807, 2.05) is 0 Å². The van der Waals surface area contributed by atoms with Gasteiger partial charge in [0.1, 0.15) is 11.3 Å². The summed E-state index contributed by atoms with van der Waals surface area (Å²) in [5.41, 5.74) is 0.249. The Morgan fingerprint density at radius 3 is 2.48 bits per heavy atom. The molecule has 1 saturated carbocycles. The van der Waals surface area contributed by atoms with Gasteiger partial charge in [0, 0.05) is 12.1 Å². The van der Waals surface area contributed by atoms with Crippen LogP contribution in [0.15, 0.2) is 24.3 Å². The van der Waals surface area contributed by atoms with Gasteiger partial charge in [-0.15, -0.1) is 0 Å². The van der Waals surface area contributed by atoms with Gasteiger partial charge in [0.15, 0.2) is 16.4 Å². The zero-order chi connectivity index (χ0) is 18.0. The van der Waals surface area contributed by atoms with E-state index in [1.165, 1.54) is 7.11 Å². The normalized spacial score (nSPS) is 21.6. The van der Waals surface area contributed by atoms with Crippen LogP contribution in [-0.2, 0) is 19.4 Å². The van der Waals surface area contributed by atoms with E-state index >= 15 is 0 Å². The Morgan fingerprint density at radius 2 is 1.88 bits per heavy atom. The van der Waals surface area contributed by atoms with Gasteiger partial charge in [-0.05, 0) is 31.4 Å². The molecule has 1 aliphatic heterocycles. The number of carbonyl (C=O) groups is 2. The average molecular weight is 367 g/mol. The smallest absolute Gasteiger partial charge is 0.342 e. The van der Waals surface area contributed by atoms with Crippen molar-refractivity contribution in [2.24, 2.45) is 0 Å². The third-order valence-electron chi connectivity index (χ3n) is 4.48. The quantitative estimate of drug-likeness (QED) is 0.698. The molecule has 1 heterocycles. The van der Waals surface area contributed by atoms with Crippen molar-refractivity contribution in [3.63, 3.8) is 0 Å². The summed E-state index contributed by atoms with van der Waals surface area (Å²) in [5, 5.41) is 0. The molecule has 25 heavy (non-hydrogen) atoms. The van der Waals surface area contributed by atoms with Gasteiger partial charge in [-0.1, -0.05) is 12.1 Å². The minimum Gasteiger partial charge on any atom is -0.496 e. The summed E-state index contributed by atoms with van der Waals surface area (Å²) in [6.07, 6.45) is 2.18. The van der Waals surface area contributed by atoms with Crippen molar-refractivity contribution in [1.29, 1.82) is 0 Å². The van der Waals surface area contributed by atoms with Crippen LogP contribution in [-0.4, -0.2) is 62.5 Å². The maximum Gasteiger partial charge on any atom is 0.342 e. The molecule has 1 amide bonds. The lowest BCUT2D eigenvalue weighted by Crippen LogP contribution is -2.44. The largest absolute Gasteiger partial charge is 0.496 e. The Hall–Kier alpha value is -2.09. The van der Waals surface area contributed by atoms with E-state index in [4.69, 9.17) is 9.47 Å². The molecule has 136 valence electrons. The lowest BCUT2D eigenvalue weighted by atomic mass is 10.2. The van der Waals surface area contributed by atoms with Gasteiger partial charge in [0.2, 0.25) is 0 Å². The number of carbonyl (C=O) groups excluding carboxylic acids is 2. The summed E-state index contributed by atoms with van der Waals surface area (Å²) in [6, 6.07) is 6.37. The molecule has 1 atom stereocenters. The number of hydrogen-bond donors (Lipinski definition) is 0. The van der Waals surface area contributed by atoms with E-state index in [0.29, 0.717) is 12.2 Å². The first-order chi connectivity index (χ1) is 11.9. The molecular formula is C17H21NO6S. The van der Waals surface area contributed by atoms with Crippen LogP contribution in [0.5, 0.6) is 5.75 Å². The van der Waals surface area contributed by atoms with E-state index in [1.54, 1.807) is 29.2 Å². The van der Waals surface area contributed by atoms with Crippen molar-refractivity contribution in [3.05, 3.63) is 29.8 Å². The summed E-state index contributed by atoms with van der Waals surface area (Å²) < 4.78 is 33.6. The number of amides is 1. The van der Waals surface area contributed by atoms with E-state index in [-0.39, 0.29) is 35.1 Å². The molecule has 3 rings (SSSR count). The highest BCUT2D eigenvalue weighted by atomic mass is 32.2. The third-order valence-corrected chi connectivity index (χ3v) is 6.23. The molecule has 1 aromatic carbocycles. The van der Waals surface area contributed by atoms with Crippen molar-refractivity contribution in [1.82, 2.24) is 4.90 Å². The fourth-order valence-electron chi connectivity index (χ4n) is 3.15. The molecule has 1 aromatic rings. The molecule has 0 radical (unpaired) electrons. The molecular weight excluding hydrogens is 346 g/mol. The van der Waals surface area contributed by atoms with Gasteiger partial charge in [0.05, 0.1) is 18.6 Å². The van der Waals surface area contributed by atoms with Crippen molar-refractivity contribution in [2.45, 2.75) is 31.3 Å². The van der Waals surface area contributed by atoms with Crippen LogP contribution in [0.2, 0.25) is 0 Å². The molecule has 7 nitrogen and oxygen atoms in total. The third kappa shape index (κ3) is 4.12. The maximum atomic E-state index is 12.5. The van der Waals surface area contributed by atoms with Crippen LogP contribution in [0.1, 0.15) is 29.6 Å². The second-order valence-electron chi connectivity index (χ2n) is 6.37. The monoisotopic (exact) mass is 367 g/mol. The molecule has 1 saturated heterocycles. The highest BCUT2D eigenvalue weighted by Gasteiger charge is 2.42. The number of methoxy groups -OCH3 is 1. The Balaban J connectivity index is 1.63. The zero-order valence-corrected chi connectivity index (χ0v) is 14.8. The van der Waals surface area contributed by atoms with Gasteiger partial charge in [0.25, 0.3) is 5.91 Å². The number of esters is 1. The number of benzene rings is 1. The summed E-state index contributed by atoms with van der Waals surface area (Å²) in [4.78, 5) is 26.3. The molecule has 0 unspecified atom stereocenters. The summed E-state index contributed by atoms with van der Waals surface area (Å²) in [6.45, 7) is -0.399. The fourth-order valence-corrected chi connectivity index (χ4v) is 4.86. The van der Waals surface area contributed by atoms with Crippen LogP contribution in [0.4, 0.5) is 0 Å². The van der Waals surface area contributed by atoms with E-state index in [0.717, 1.165) is 12.8 Å². The lowest BCUT2D eigenvalue weighted by Gasteiger charge is -2.28. The fraction of sp³-hybridized carbons (Fsp3) is 0.529. The second-order valence-corrected chi connectivity index (χ2v) is 8.59. The molecule has 0 aromatic heterocycles. The van der Waals surface area contributed by atoms with Gasteiger partial charge >= 0.3 is 5.97 Å². The van der Waals surface area contributed by atoms with E-state index < -0.39 is 22.4 Å². The van der Waals surface area contributed by atoms with Gasteiger partial charge < -0.3 is 14.4 Å². The van der Waals surface area contributed by atoms with E-state index in [9.17, 15) is 18.0 Å². The first-order valence-electron chi connectivity index (χ1n) is 8.23.